The van der Waals surface area contributed by atoms with Crippen LogP contribution in [0.5, 0.6) is 0 Å². The third kappa shape index (κ3) is 2.21. The molecule has 0 radical (unpaired) electrons. The number of hydrogen-bond acceptors (Lipinski definition) is 2. The van der Waals surface area contributed by atoms with Gasteiger partial charge in [-0.15, -0.1) is 0 Å². The third-order valence-corrected chi connectivity index (χ3v) is 4.15. The van der Waals surface area contributed by atoms with Crippen molar-refractivity contribution in [1.82, 2.24) is 5.01 Å². The van der Waals surface area contributed by atoms with E-state index in [1.54, 1.807) is 5.01 Å². The normalized spacial score (nSPS) is 22.9. The molecule has 1 fully saturated rings. The van der Waals surface area contributed by atoms with Crippen molar-refractivity contribution < 1.29 is 4.79 Å². The van der Waals surface area contributed by atoms with Gasteiger partial charge in [-0.3, -0.25) is 4.79 Å². The van der Waals surface area contributed by atoms with Gasteiger partial charge in [0.2, 0.25) is 0 Å². The van der Waals surface area contributed by atoms with Crippen molar-refractivity contribution >= 4 is 27.5 Å². The van der Waals surface area contributed by atoms with Crippen LogP contribution < -0.4 is 0 Å². The third-order valence-electron chi connectivity index (χ3n) is 3.63. The number of hydrogen-bond donors (Lipinski definition) is 0. The summed E-state index contributed by atoms with van der Waals surface area (Å²) in [6.07, 6.45) is 4.30. The molecule has 0 saturated heterocycles. The van der Waals surface area contributed by atoms with Crippen molar-refractivity contribution in [3.05, 3.63) is 34.3 Å². The van der Waals surface area contributed by atoms with Gasteiger partial charge < -0.3 is 0 Å². The molecule has 1 unspecified atom stereocenters. The Kier molecular flexibility index (Phi) is 3.20. The monoisotopic (exact) mass is 306 g/mol. The van der Waals surface area contributed by atoms with Crippen molar-refractivity contribution in [2.75, 3.05) is 0 Å². The van der Waals surface area contributed by atoms with Crippen LogP contribution in [0, 0.1) is 5.92 Å². The summed E-state index contributed by atoms with van der Waals surface area (Å²) in [6.45, 7) is 0.589. The van der Waals surface area contributed by atoms with Crippen LogP contribution in [0.15, 0.2) is 33.8 Å². The lowest BCUT2D eigenvalue weighted by atomic mass is 9.87. The Morgan fingerprint density at radius 3 is 2.78 bits per heavy atom. The zero-order valence-corrected chi connectivity index (χ0v) is 11.7. The highest BCUT2D eigenvalue weighted by Crippen LogP contribution is 2.29. The van der Waals surface area contributed by atoms with Crippen molar-refractivity contribution in [2.24, 2.45) is 11.0 Å². The minimum absolute atomic E-state index is 0.0780. The van der Waals surface area contributed by atoms with Crippen LogP contribution in [0.4, 0.5) is 0 Å². The minimum atomic E-state index is 0.0780. The van der Waals surface area contributed by atoms with Crippen LogP contribution in [0.1, 0.15) is 31.2 Å². The fourth-order valence-corrected chi connectivity index (χ4v) is 2.91. The number of carbonyl (C=O) groups excluding carboxylic acids is 1. The van der Waals surface area contributed by atoms with E-state index in [4.69, 9.17) is 0 Å². The fourth-order valence-electron chi connectivity index (χ4n) is 2.64. The van der Waals surface area contributed by atoms with E-state index in [0.717, 1.165) is 35.0 Å². The SMILES string of the molecule is O=C1C2CCCCC2=NN1Cc1ccc(Br)cc1. The van der Waals surface area contributed by atoms with E-state index in [9.17, 15) is 4.79 Å². The highest BCUT2D eigenvalue weighted by Gasteiger charge is 2.36. The molecule has 94 valence electrons. The van der Waals surface area contributed by atoms with Gasteiger partial charge in [0.15, 0.2) is 0 Å². The van der Waals surface area contributed by atoms with Crippen LogP contribution in [-0.2, 0) is 11.3 Å². The van der Waals surface area contributed by atoms with E-state index in [2.05, 4.69) is 21.0 Å². The average Bonchev–Trinajstić information content (AvgIpc) is 2.70. The molecule has 1 atom stereocenters. The second-order valence-electron chi connectivity index (χ2n) is 4.91. The summed E-state index contributed by atoms with van der Waals surface area (Å²) in [7, 11) is 0. The first-order valence-corrected chi connectivity index (χ1v) is 7.16. The van der Waals surface area contributed by atoms with Gasteiger partial charge in [-0.2, -0.15) is 5.10 Å². The first-order chi connectivity index (χ1) is 8.74. The van der Waals surface area contributed by atoms with Gasteiger partial charge in [-0.1, -0.05) is 34.5 Å². The van der Waals surface area contributed by atoms with Crippen molar-refractivity contribution in [3.8, 4) is 0 Å². The van der Waals surface area contributed by atoms with Gasteiger partial charge in [-0.25, -0.2) is 5.01 Å². The van der Waals surface area contributed by atoms with Crippen LogP contribution in [-0.4, -0.2) is 16.6 Å². The molecule has 1 aliphatic carbocycles. The number of fused-ring (bicyclic) bond motifs is 1. The quantitative estimate of drug-likeness (QED) is 0.825. The van der Waals surface area contributed by atoms with E-state index < -0.39 is 0 Å². The standard InChI is InChI=1S/C14H15BrN2O/c15-11-7-5-10(6-8-11)9-17-14(18)12-3-1-2-4-13(12)16-17/h5-8,12H,1-4,9H2. The van der Waals surface area contributed by atoms with E-state index in [0.29, 0.717) is 6.54 Å². The molecule has 3 nitrogen and oxygen atoms in total. The first-order valence-electron chi connectivity index (χ1n) is 6.37. The Balaban J connectivity index is 1.75. The number of carbonyl (C=O) groups is 1. The average molecular weight is 307 g/mol. The predicted octanol–water partition coefficient (Wildman–Crippen LogP) is 3.34. The molecule has 1 saturated carbocycles. The van der Waals surface area contributed by atoms with Gasteiger partial charge >= 0.3 is 0 Å². The van der Waals surface area contributed by atoms with Gasteiger partial charge in [0.25, 0.3) is 5.91 Å². The van der Waals surface area contributed by atoms with Gasteiger partial charge in [0.1, 0.15) is 0 Å². The van der Waals surface area contributed by atoms with E-state index >= 15 is 0 Å². The van der Waals surface area contributed by atoms with Crippen molar-refractivity contribution in [2.45, 2.75) is 32.2 Å². The molecule has 1 amide bonds. The van der Waals surface area contributed by atoms with Crippen LogP contribution in [0.3, 0.4) is 0 Å². The highest BCUT2D eigenvalue weighted by atomic mass is 79.9. The van der Waals surface area contributed by atoms with Crippen LogP contribution >= 0.6 is 15.9 Å². The molecule has 1 aromatic carbocycles. The van der Waals surface area contributed by atoms with Crippen molar-refractivity contribution in [1.29, 1.82) is 0 Å². The molecule has 18 heavy (non-hydrogen) atoms. The maximum atomic E-state index is 12.2. The van der Waals surface area contributed by atoms with Crippen LogP contribution in [0.2, 0.25) is 0 Å². The molecular formula is C14H15BrN2O. The maximum Gasteiger partial charge on any atom is 0.251 e. The van der Waals surface area contributed by atoms with E-state index in [-0.39, 0.29) is 11.8 Å². The largest absolute Gasteiger partial charge is 0.272 e. The molecular weight excluding hydrogens is 292 g/mol. The fraction of sp³-hybridized carbons (Fsp3) is 0.429. The van der Waals surface area contributed by atoms with Gasteiger partial charge in [0.05, 0.1) is 18.2 Å². The Labute approximate surface area is 115 Å². The zero-order valence-electron chi connectivity index (χ0n) is 10.1. The summed E-state index contributed by atoms with van der Waals surface area (Å²) in [6, 6.07) is 8.05. The number of benzene rings is 1. The number of halogens is 1. The highest BCUT2D eigenvalue weighted by molar-refractivity contribution is 9.10. The second kappa shape index (κ2) is 4.84. The number of amides is 1. The van der Waals surface area contributed by atoms with Gasteiger partial charge in [0, 0.05) is 4.47 Å². The summed E-state index contributed by atoms with van der Waals surface area (Å²) in [5, 5.41) is 6.14. The Morgan fingerprint density at radius 2 is 2.06 bits per heavy atom. The molecule has 0 spiro atoms. The molecule has 1 heterocycles. The summed E-state index contributed by atoms with van der Waals surface area (Å²) in [5.74, 6) is 0.266. The zero-order chi connectivity index (χ0) is 12.5. The maximum absolute atomic E-state index is 12.2. The minimum Gasteiger partial charge on any atom is -0.272 e. The Morgan fingerprint density at radius 1 is 1.28 bits per heavy atom. The number of hydrazone groups is 1. The number of nitrogens with zero attached hydrogens (tertiary/aromatic N) is 2. The summed E-state index contributed by atoms with van der Waals surface area (Å²) < 4.78 is 1.05. The lowest BCUT2D eigenvalue weighted by Crippen LogP contribution is -2.28. The molecule has 2 aliphatic rings. The van der Waals surface area contributed by atoms with Crippen LogP contribution in [0.25, 0.3) is 0 Å². The van der Waals surface area contributed by atoms with Gasteiger partial charge in [-0.05, 0) is 37.0 Å². The topological polar surface area (TPSA) is 32.7 Å². The molecule has 0 N–H and O–H groups in total. The van der Waals surface area contributed by atoms with E-state index in [1.807, 2.05) is 24.3 Å². The lowest BCUT2D eigenvalue weighted by Gasteiger charge is -2.17. The molecule has 1 aromatic rings. The molecule has 3 rings (SSSR count). The summed E-state index contributed by atoms with van der Waals surface area (Å²) in [4.78, 5) is 12.2. The lowest BCUT2D eigenvalue weighted by molar-refractivity contribution is -0.132. The number of rotatable bonds is 2. The summed E-state index contributed by atoms with van der Waals surface area (Å²) in [5.41, 5.74) is 2.22. The molecule has 4 heteroatoms. The molecule has 0 bridgehead atoms. The molecule has 1 aliphatic heterocycles. The smallest absolute Gasteiger partial charge is 0.251 e. The summed E-state index contributed by atoms with van der Waals surface area (Å²) >= 11 is 3.41. The molecule has 0 aromatic heterocycles. The predicted molar refractivity (Wildman–Crippen MR) is 74.1 cm³/mol. The Bertz CT molecular complexity index is 495. The Hall–Kier alpha value is -1.16. The van der Waals surface area contributed by atoms with E-state index in [1.165, 1.54) is 6.42 Å². The van der Waals surface area contributed by atoms with Crippen molar-refractivity contribution in [3.63, 3.8) is 0 Å². The first kappa shape index (κ1) is 11.9. The second-order valence-corrected chi connectivity index (χ2v) is 5.83.